The number of carbonyl (C=O) groups excluding carboxylic acids is 1. The number of amides is 1. The van der Waals surface area contributed by atoms with E-state index in [4.69, 9.17) is 0 Å². The normalized spacial score (nSPS) is 16.2. The fourth-order valence-electron chi connectivity index (χ4n) is 2.86. The summed E-state index contributed by atoms with van der Waals surface area (Å²) in [5.41, 5.74) is 3.31. The highest BCUT2D eigenvalue weighted by atomic mass is 16.1. The van der Waals surface area contributed by atoms with Crippen LogP contribution < -0.4 is 10.6 Å². The van der Waals surface area contributed by atoms with Gasteiger partial charge in [-0.25, -0.2) is 0 Å². The highest BCUT2D eigenvalue weighted by Gasteiger charge is 2.18. The topological polar surface area (TPSA) is 41.1 Å². The minimum absolute atomic E-state index is 0.0880. The second kappa shape index (κ2) is 7.44. The summed E-state index contributed by atoms with van der Waals surface area (Å²) in [6, 6.07) is 6.80. The molecule has 0 saturated carbocycles. The Hall–Kier alpha value is -1.35. The van der Waals surface area contributed by atoms with E-state index in [-0.39, 0.29) is 5.91 Å². The quantitative estimate of drug-likeness (QED) is 0.836. The monoisotopic (exact) mass is 274 g/mol. The molecule has 0 aromatic heterocycles. The third-order valence-electron chi connectivity index (χ3n) is 3.99. The molecule has 2 N–H and O–H groups in total. The number of hydrogen-bond acceptors (Lipinski definition) is 2. The van der Waals surface area contributed by atoms with Crippen molar-refractivity contribution in [2.75, 3.05) is 13.1 Å². The van der Waals surface area contributed by atoms with Crippen molar-refractivity contribution in [3.8, 4) is 0 Å². The molecule has 110 valence electrons. The van der Waals surface area contributed by atoms with E-state index in [0.717, 1.165) is 37.9 Å². The molecule has 0 saturated heterocycles. The lowest BCUT2D eigenvalue weighted by Crippen LogP contribution is -2.24. The van der Waals surface area contributed by atoms with Crippen molar-refractivity contribution >= 4 is 5.91 Å². The van der Waals surface area contributed by atoms with Gasteiger partial charge in [-0.05, 0) is 43.0 Å². The maximum atomic E-state index is 12.1. The zero-order valence-corrected chi connectivity index (χ0v) is 12.7. The van der Waals surface area contributed by atoms with Gasteiger partial charge in [-0.15, -0.1) is 0 Å². The minimum atomic E-state index is 0.0880. The van der Waals surface area contributed by atoms with Crippen LogP contribution in [0.15, 0.2) is 18.2 Å². The van der Waals surface area contributed by atoms with Crippen LogP contribution in [-0.4, -0.2) is 19.0 Å². The number of unbranched alkanes of at least 4 members (excludes halogenated alkanes) is 1. The van der Waals surface area contributed by atoms with E-state index in [1.807, 2.05) is 0 Å². The highest BCUT2D eigenvalue weighted by Crippen LogP contribution is 2.24. The Bertz CT molecular complexity index is 456. The summed E-state index contributed by atoms with van der Waals surface area (Å²) in [5, 5.41) is 6.52. The summed E-state index contributed by atoms with van der Waals surface area (Å²) < 4.78 is 0. The third kappa shape index (κ3) is 3.60. The SMILES string of the molecule is CCCCC(NCC)c1ccc2c(c1)C(=O)NCCC2. The molecule has 1 amide bonds. The van der Waals surface area contributed by atoms with Gasteiger partial charge >= 0.3 is 0 Å². The van der Waals surface area contributed by atoms with Crippen LogP contribution in [0.1, 0.15) is 67.1 Å². The molecule has 1 unspecified atom stereocenters. The van der Waals surface area contributed by atoms with Crippen molar-refractivity contribution in [2.24, 2.45) is 0 Å². The zero-order chi connectivity index (χ0) is 14.4. The number of benzene rings is 1. The molecular weight excluding hydrogens is 248 g/mol. The molecule has 1 heterocycles. The molecule has 0 aliphatic carbocycles. The van der Waals surface area contributed by atoms with Gasteiger partial charge in [0.05, 0.1) is 0 Å². The maximum absolute atomic E-state index is 12.1. The fraction of sp³-hybridized carbons (Fsp3) is 0.588. The van der Waals surface area contributed by atoms with Crippen LogP contribution in [-0.2, 0) is 6.42 Å². The van der Waals surface area contributed by atoms with E-state index in [1.54, 1.807) is 0 Å². The first kappa shape index (κ1) is 15.0. The highest BCUT2D eigenvalue weighted by molar-refractivity contribution is 5.96. The predicted octanol–water partition coefficient (Wildman–Crippen LogP) is 3.20. The zero-order valence-electron chi connectivity index (χ0n) is 12.7. The number of fused-ring (bicyclic) bond motifs is 1. The molecular formula is C17H26N2O. The van der Waals surface area contributed by atoms with Crippen molar-refractivity contribution in [3.63, 3.8) is 0 Å². The third-order valence-corrected chi connectivity index (χ3v) is 3.99. The molecule has 1 atom stereocenters. The first-order valence-corrected chi connectivity index (χ1v) is 7.90. The molecule has 1 aromatic rings. The van der Waals surface area contributed by atoms with E-state index in [0.29, 0.717) is 6.04 Å². The molecule has 1 aliphatic rings. The standard InChI is InChI=1S/C17H26N2O/c1-3-5-8-16(18-4-2)14-10-9-13-7-6-11-19-17(20)15(13)12-14/h9-10,12,16,18H,3-8,11H2,1-2H3,(H,19,20). The van der Waals surface area contributed by atoms with Gasteiger partial charge < -0.3 is 10.6 Å². The second-order valence-corrected chi connectivity index (χ2v) is 5.53. The molecule has 20 heavy (non-hydrogen) atoms. The lowest BCUT2D eigenvalue weighted by atomic mass is 9.95. The van der Waals surface area contributed by atoms with Crippen molar-refractivity contribution in [2.45, 2.75) is 52.0 Å². The summed E-state index contributed by atoms with van der Waals surface area (Å²) in [5.74, 6) is 0.0880. The summed E-state index contributed by atoms with van der Waals surface area (Å²) >= 11 is 0. The Morgan fingerprint density at radius 1 is 1.35 bits per heavy atom. The summed E-state index contributed by atoms with van der Waals surface area (Å²) in [6.45, 7) is 6.09. The van der Waals surface area contributed by atoms with E-state index in [9.17, 15) is 4.79 Å². The van der Waals surface area contributed by atoms with Crippen LogP contribution in [0.2, 0.25) is 0 Å². The Balaban J connectivity index is 2.24. The van der Waals surface area contributed by atoms with Gasteiger partial charge in [0.15, 0.2) is 0 Å². The van der Waals surface area contributed by atoms with Crippen LogP contribution in [0.5, 0.6) is 0 Å². The number of carbonyl (C=O) groups is 1. The van der Waals surface area contributed by atoms with Crippen LogP contribution in [0.3, 0.4) is 0 Å². The largest absolute Gasteiger partial charge is 0.352 e. The van der Waals surface area contributed by atoms with Gasteiger partial charge in [-0.2, -0.15) is 0 Å². The lowest BCUT2D eigenvalue weighted by Gasteiger charge is -2.19. The van der Waals surface area contributed by atoms with Crippen molar-refractivity contribution in [3.05, 3.63) is 34.9 Å². The van der Waals surface area contributed by atoms with Crippen LogP contribution in [0.25, 0.3) is 0 Å². The molecule has 1 aliphatic heterocycles. The van der Waals surface area contributed by atoms with Gasteiger partial charge in [0, 0.05) is 18.2 Å². The van der Waals surface area contributed by atoms with E-state index >= 15 is 0 Å². The average Bonchev–Trinajstić information content (AvgIpc) is 2.65. The van der Waals surface area contributed by atoms with E-state index in [1.165, 1.54) is 24.0 Å². The first-order valence-electron chi connectivity index (χ1n) is 7.90. The first-order chi connectivity index (χ1) is 9.76. The summed E-state index contributed by atoms with van der Waals surface area (Å²) in [4.78, 5) is 12.1. The van der Waals surface area contributed by atoms with Crippen molar-refractivity contribution in [1.82, 2.24) is 10.6 Å². The molecule has 0 spiro atoms. The Kier molecular flexibility index (Phi) is 5.60. The van der Waals surface area contributed by atoms with Crippen molar-refractivity contribution in [1.29, 1.82) is 0 Å². The molecule has 1 aromatic carbocycles. The number of nitrogens with one attached hydrogen (secondary N) is 2. The summed E-state index contributed by atoms with van der Waals surface area (Å²) in [7, 11) is 0. The maximum Gasteiger partial charge on any atom is 0.251 e. The number of rotatable bonds is 6. The lowest BCUT2D eigenvalue weighted by molar-refractivity contribution is 0.0956. The second-order valence-electron chi connectivity index (χ2n) is 5.53. The van der Waals surface area contributed by atoms with E-state index in [2.05, 4.69) is 42.7 Å². The van der Waals surface area contributed by atoms with Gasteiger partial charge in [0.2, 0.25) is 0 Å². The predicted molar refractivity (Wildman–Crippen MR) is 83.0 cm³/mol. The Morgan fingerprint density at radius 2 is 2.20 bits per heavy atom. The van der Waals surface area contributed by atoms with Gasteiger partial charge in [-0.1, -0.05) is 38.8 Å². The molecule has 0 bridgehead atoms. The molecule has 3 heteroatoms. The Morgan fingerprint density at radius 3 is 2.95 bits per heavy atom. The molecule has 0 fully saturated rings. The molecule has 0 radical (unpaired) electrons. The van der Waals surface area contributed by atoms with Crippen molar-refractivity contribution < 1.29 is 4.79 Å². The minimum Gasteiger partial charge on any atom is -0.352 e. The smallest absolute Gasteiger partial charge is 0.251 e. The van der Waals surface area contributed by atoms with Gasteiger partial charge in [0.25, 0.3) is 5.91 Å². The average molecular weight is 274 g/mol. The summed E-state index contributed by atoms with van der Waals surface area (Å²) in [6.07, 6.45) is 5.57. The van der Waals surface area contributed by atoms with Crippen LogP contribution in [0.4, 0.5) is 0 Å². The Labute approximate surface area is 122 Å². The number of hydrogen-bond donors (Lipinski definition) is 2. The van der Waals surface area contributed by atoms with Gasteiger partial charge in [0.1, 0.15) is 0 Å². The van der Waals surface area contributed by atoms with Crippen LogP contribution in [0, 0.1) is 0 Å². The van der Waals surface area contributed by atoms with Crippen LogP contribution >= 0.6 is 0 Å². The number of aryl methyl sites for hydroxylation is 1. The molecule has 3 nitrogen and oxygen atoms in total. The van der Waals surface area contributed by atoms with E-state index < -0.39 is 0 Å². The molecule has 2 rings (SSSR count). The fourth-order valence-corrected chi connectivity index (χ4v) is 2.86. The van der Waals surface area contributed by atoms with Gasteiger partial charge in [-0.3, -0.25) is 4.79 Å².